The zero-order chi connectivity index (χ0) is 19.5. The molecule has 0 fully saturated rings. The highest BCUT2D eigenvalue weighted by molar-refractivity contribution is 7.24. The van der Waals surface area contributed by atoms with Gasteiger partial charge in [-0.05, 0) is 41.5 Å². The molecule has 0 saturated carbocycles. The fourth-order valence-electron chi connectivity index (χ4n) is 2.91. The summed E-state index contributed by atoms with van der Waals surface area (Å²) < 4.78 is 73.3. The Balaban J connectivity index is 2.88. The summed E-state index contributed by atoms with van der Waals surface area (Å²) in [6.45, 7) is 10.5. The molecule has 1 aliphatic rings. The highest BCUT2D eigenvalue weighted by atomic mass is 35.6. The zero-order valence-electron chi connectivity index (χ0n) is 14.8. The Morgan fingerprint density at radius 1 is 0.680 bits per heavy atom. The van der Waals surface area contributed by atoms with E-state index >= 15 is 0 Å². The lowest BCUT2D eigenvalue weighted by Gasteiger charge is -2.49. The van der Waals surface area contributed by atoms with E-state index in [1.54, 1.807) is 53.9 Å². The monoisotopic (exact) mass is 398 g/mol. The molecule has 0 amide bonds. The minimum Gasteiger partial charge on any atom is -0.366 e. The summed E-state index contributed by atoms with van der Waals surface area (Å²) in [5.41, 5.74) is -1.41. The predicted molar refractivity (Wildman–Crippen MR) is 89.8 cm³/mol. The average molecular weight is 399 g/mol. The fourth-order valence-corrected chi connectivity index (χ4v) is 9.06. The van der Waals surface area contributed by atoms with Gasteiger partial charge in [-0.3, -0.25) is 0 Å². The topological polar surface area (TPSA) is 6.48 Å². The Hall–Kier alpha value is -1.28. The standard InChI is InChI=1S/C16H20ClF5N2Si/c1-15(2,3)23-7-8-24(16(4,5)6)25(23,17)14-12(21)10(19)9(18)11(20)13(14)22/h7-8H,1-6H3. The third-order valence-electron chi connectivity index (χ3n) is 3.98. The molecule has 0 unspecified atom stereocenters. The summed E-state index contributed by atoms with van der Waals surface area (Å²) in [5.74, 6) is -9.94. The number of hydrogen-bond acceptors (Lipinski definition) is 2. The maximum atomic E-state index is 14.6. The zero-order valence-corrected chi connectivity index (χ0v) is 16.6. The number of hydrogen-bond donors (Lipinski definition) is 0. The molecule has 1 heterocycles. The van der Waals surface area contributed by atoms with E-state index in [2.05, 4.69) is 0 Å². The van der Waals surface area contributed by atoms with Crippen LogP contribution in [0.5, 0.6) is 0 Å². The summed E-state index contributed by atoms with van der Waals surface area (Å²) in [6.07, 6.45) is 3.09. The van der Waals surface area contributed by atoms with Crippen molar-refractivity contribution in [1.29, 1.82) is 0 Å². The molecule has 1 aromatic rings. The number of nitrogens with zero attached hydrogens (tertiary/aromatic N) is 2. The Bertz CT molecular complexity index is 687. The second-order valence-electron chi connectivity index (χ2n) is 7.91. The first-order valence-electron chi connectivity index (χ1n) is 7.63. The molecule has 0 bridgehead atoms. The van der Waals surface area contributed by atoms with Crippen LogP contribution in [0.15, 0.2) is 12.4 Å². The van der Waals surface area contributed by atoms with Gasteiger partial charge in [0, 0.05) is 23.5 Å². The van der Waals surface area contributed by atoms with E-state index < -0.39 is 53.1 Å². The van der Waals surface area contributed by atoms with Gasteiger partial charge in [-0.1, -0.05) is 0 Å². The van der Waals surface area contributed by atoms with E-state index in [1.807, 2.05) is 0 Å². The molecular formula is C16H20ClF5N2Si. The van der Waals surface area contributed by atoms with Gasteiger partial charge in [0.2, 0.25) is 5.82 Å². The summed E-state index contributed by atoms with van der Waals surface area (Å²) in [6, 6.07) is 0. The Labute approximate surface area is 149 Å². The summed E-state index contributed by atoms with van der Waals surface area (Å²) in [4.78, 5) is 0. The molecule has 0 spiro atoms. The van der Waals surface area contributed by atoms with Gasteiger partial charge in [0.1, 0.15) is 0 Å². The third-order valence-corrected chi connectivity index (χ3v) is 9.63. The summed E-state index contributed by atoms with van der Waals surface area (Å²) >= 11 is 6.80. The van der Waals surface area contributed by atoms with E-state index in [-0.39, 0.29) is 0 Å². The molecule has 1 aliphatic heterocycles. The molecule has 2 nitrogen and oxygen atoms in total. The highest BCUT2D eigenvalue weighted by Gasteiger charge is 2.59. The summed E-state index contributed by atoms with van der Waals surface area (Å²) in [7, 11) is -4.04. The minimum atomic E-state index is -4.04. The van der Waals surface area contributed by atoms with E-state index in [0.29, 0.717) is 0 Å². The SMILES string of the molecule is CC(C)(C)N1C=CN(C(C)(C)C)[Si]1(Cl)c1c(F)c(F)c(F)c(F)c1F. The van der Waals surface area contributed by atoms with Crippen LogP contribution in [0, 0.1) is 29.1 Å². The molecule has 0 atom stereocenters. The minimum absolute atomic E-state index is 0.704. The largest absolute Gasteiger partial charge is 0.406 e. The van der Waals surface area contributed by atoms with Gasteiger partial charge in [0.05, 0.1) is 5.19 Å². The maximum absolute atomic E-state index is 14.6. The first-order chi connectivity index (χ1) is 11.1. The second-order valence-corrected chi connectivity index (χ2v) is 12.1. The van der Waals surface area contributed by atoms with Crippen LogP contribution in [-0.4, -0.2) is 27.9 Å². The molecule has 0 radical (unpaired) electrons. The molecule has 0 N–H and O–H groups in total. The van der Waals surface area contributed by atoms with Gasteiger partial charge in [0.25, 0.3) is 0 Å². The van der Waals surface area contributed by atoms with Crippen LogP contribution < -0.4 is 5.19 Å². The molecule has 1 aromatic carbocycles. The molecule has 0 saturated heterocycles. The van der Waals surface area contributed by atoms with Crippen molar-refractivity contribution in [3.8, 4) is 0 Å². The van der Waals surface area contributed by atoms with Crippen LogP contribution in [0.1, 0.15) is 41.5 Å². The fraction of sp³-hybridized carbons (Fsp3) is 0.500. The second kappa shape index (κ2) is 5.87. The average Bonchev–Trinajstić information content (AvgIpc) is 2.81. The number of halogens is 6. The van der Waals surface area contributed by atoms with E-state index in [0.717, 1.165) is 0 Å². The molecule has 0 aromatic heterocycles. The van der Waals surface area contributed by atoms with Crippen LogP contribution >= 0.6 is 11.1 Å². The van der Waals surface area contributed by atoms with Gasteiger partial charge >= 0.3 is 7.71 Å². The van der Waals surface area contributed by atoms with Crippen molar-refractivity contribution >= 4 is 24.0 Å². The van der Waals surface area contributed by atoms with Crippen molar-refractivity contribution in [1.82, 2.24) is 9.13 Å². The Morgan fingerprint density at radius 2 is 0.960 bits per heavy atom. The molecule has 2 rings (SSSR count). The van der Waals surface area contributed by atoms with Gasteiger partial charge in [-0.2, -0.15) is 0 Å². The quantitative estimate of drug-likeness (QED) is 0.227. The lowest BCUT2D eigenvalue weighted by Crippen LogP contribution is -2.72. The van der Waals surface area contributed by atoms with Crippen LogP contribution in [0.3, 0.4) is 0 Å². The van der Waals surface area contributed by atoms with E-state index in [4.69, 9.17) is 11.1 Å². The maximum Gasteiger partial charge on any atom is 0.406 e. The van der Waals surface area contributed by atoms with Crippen molar-refractivity contribution in [2.75, 3.05) is 0 Å². The first kappa shape index (κ1) is 20.0. The van der Waals surface area contributed by atoms with Gasteiger partial charge in [-0.25, -0.2) is 22.0 Å². The third kappa shape index (κ3) is 2.93. The molecule has 25 heavy (non-hydrogen) atoms. The molecule has 0 aliphatic carbocycles. The van der Waals surface area contributed by atoms with Crippen LogP contribution in [0.4, 0.5) is 22.0 Å². The van der Waals surface area contributed by atoms with Crippen LogP contribution in [0.2, 0.25) is 0 Å². The van der Waals surface area contributed by atoms with Crippen molar-refractivity contribution < 1.29 is 22.0 Å². The van der Waals surface area contributed by atoms with Gasteiger partial charge in [0.15, 0.2) is 23.3 Å². The Kier molecular flexibility index (Phi) is 4.71. The van der Waals surface area contributed by atoms with Crippen molar-refractivity contribution in [2.24, 2.45) is 0 Å². The van der Waals surface area contributed by atoms with E-state index in [1.165, 1.54) is 9.13 Å². The van der Waals surface area contributed by atoms with Crippen LogP contribution in [0.25, 0.3) is 0 Å². The smallest absolute Gasteiger partial charge is 0.366 e. The normalized spacial score (nSPS) is 17.6. The van der Waals surface area contributed by atoms with Crippen molar-refractivity contribution in [3.63, 3.8) is 0 Å². The lowest BCUT2D eigenvalue weighted by atomic mass is 10.1. The van der Waals surface area contributed by atoms with Crippen LogP contribution in [-0.2, 0) is 0 Å². The van der Waals surface area contributed by atoms with Crippen molar-refractivity contribution in [3.05, 3.63) is 41.5 Å². The Morgan fingerprint density at radius 3 is 1.24 bits per heavy atom. The predicted octanol–water partition coefficient (Wildman–Crippen LogP) is 4.45. The van der Waals surface area contributed by atoms with Crippen molar-refractivity contribution in [2.45, 2.75) is 52.6 Å². The summed E-state index contributed by atoms with van der Waals surface area (Å²) in [5, 5.41) is -0.958. The molecular weight excluding hydrogens is 379 g/mol. The highest BCUT2D eigenvalue weighted by Crippen LogP contribution is 2.39. The van der Waals surface area contributed by atoms with Gasteiger partial charge < -0.3 is 9.13 Å². The van der Waals surface area contributed by atoms with Gasteiger partial charge in [-0.15, -0.1) is 11.1 Å². The first-order valence-corrected chi connectivity index (χ1v) is 10.5. The number of benzene rings is 1. The molecule has 9 heteroatoms. The lowest BCUT2D eigenvalue weighted by molar-refractivity contribution is 0.278. The van der Waals surface area contributed by atoms with E-state index in [9.17, 15) is 22.0 Å². The molecule has 140 valence electrons. The number of rotatable bonds is 1.